The summed E-state index contributed by atoms with van der Waals surface area (Å²) in [4.78, 5) is 4.33. The number of benzene rings is 1. The van der Waals surface area contributed by atoms with Crippen LogP contribution >= 0.6 is 0 Å². The number of phenols is 1. The summed E-state index contributed by atoms with van der Waals surface area (Å²) >= 11 is 0. The van der Waals surface area contributed by atoms with E-state index in [1.54, 1.807) is 31.5 Å². The van der Waals surface area contributed by atoms with Gasteiger partial charge in [0.2, 0.25) is 0 Å². The maximum absolute atomic E-state index is 11.0. The Balaban J connectivity index is 1.43. The molecule has 2 aromatic heterocycles. The minimum atomic E-state index is -3.98. The van der Waals surface area contributed by atoms with Crippen molar-refractivity contribution >= 4 is 21.0 Å². The Bertz CT molecular complexity index is 1270. The number of phenolic OH excluding ortho intramolecular Hbond substituents is 1. The molecule has 1 aliphatic rings. The highest BCUT2D eigenvalue weighted by Gasteiger charge is 2.22. The van der Waals surface area contributed by atoms with Crippen molar-refractivity contribution in [3.63, 3.8) is 0 Å². The molecule has 1 aliphatic heterocycles. The molecule has 36 heavy (non-hydrogen) atoms. The molecule has 10 nitrogen and oxygen atoms in total. The largest absolute Gasteiger partial charge is 0.508 e. The van der Waals surface area contributed by atoms with Crippen LogP contribution in [0, 0.1) is 5.92 Å². The Hall–Kier alpha value is -2.73. The Morgan fingerprint density at radius 3 is 2.81 bits per heavy atom. The number of pyridine rings is 1. The van der Waals surface area contributed by atoms with Gasteiger partial charge in [-0.25, -0.2) is 4.68 Å². The monoisotopic (exact) mass is 519 g/mol. The third-order valence-corrected chi connectivity index (χ3v) is 7.04. The van der Waals surface area contributed by atoms with Crippen LogP contribution in [0.15, 0.2) is 36.7 Å². The molecular weight excluding hydrogens is 486 g/mol. The smallest absolute Gasteiger partial charge is 0.265 e. The zero-order valence-corrected chi connectivity index (χ0v) is 21.4. The van der Waals surface area contributed by atoms with Gasteiger partial charge < -0.3 is 19.3 Å². The summed E-state index contributed by atoms with van der Waals surface area (Å²) in [6.07, 6.45) is 6.41. The molecule has 0 bridgehead atoms. The lowest BCUT2D eigenvalue weighted by Gasteiger charge is -2.23. The van der Waals surface area contributed by atoms with E-state index in [9.17, 15) is 13.5 Å². The molecule has 3 atom stereocenters. The summed E-state index contributed by atoms with van der Waals surface area (Å²) < 4.78 is 50.3. The Labute approximate surface area is 210 Å². The van der Waals surface area contributed by atoms with Gasteiger partial charge in [-0.3, -0.25) is 9.54 Å². The van der Waals surface area contributed by atoms with Crippen molar-refractivity contribution < 1.29 is 32.3 Å². The summed E-state index contributed by atoms with van der Waals surface area (Å²) in [5.41, 5.74) is 2.32. The molecule has 1 fully saturated rings. The highest BCUT2D eigenvalue weighted by molar-refractivity contribution is 7.85. The van der Waals surface area contributed by atoms with Crippen LogP contribution < -0.4 is 4.74 Å². The third kappa shape index (κ3) is 6.94. The van der Waals surface area contributed by atoms with E-state index in [4.69, 9.17) is 23.9 Å². The number of rotatable bonds is 11. The zero-order chi connectivity index (χ0) is 25.7. The average Bonchev–Trinajstić information content (AvgIpc) is 3.20. The van der Waals surface area contributed by atoms with Gasteiger partial charge in [0, 0.05) is 30.4 Å². The molecule has 0 radical (unpaired) electrons. The van der Waals surface area contributed by atoms with E-state index >= 15 is 0 Å². The van der Waals surface area contributed by atoms with Gasteiger partial charge in [0.15, 0.2) is 6.23 Å². The van der Waals surface area contributed by atoms with Crippen LogP contribution in [0.3, 0.4) is 0 Å². The molecule has 3 heterocycles. The van der Waals surface area contributed by atoms with Crippen LogP contribution in [0.25, 0.3) is 22.2 Å². The fraction of sp³-hybridized carbons (Fsp3) is 0.520. The number of aromatic nitrogens is 3. The number of hydrogen-bond donors (Lipinski definition) is 2. The first-order valence-electron chi connectivity index (χ1n) is 12.2. The molecule has 1 aromatic carbocycles. The number of ether oxygens (including phenoxy) is 3. The van der Waals surface area contributed by atoms with Gasteiger partial charge in [0.05, 0.1) is 24.1 Å². The van der Waals surface area contributed by atoms with Gasteiger partial charge >= 0.3 is 0 Å². The molecule has 2 N–H and O–H groups in total. The predicted octanol–water partition coefficient (Wildman–Crippen LogP) is 4.20. The second kappa shape index (κ2) is 11.5. The first kappa shape index (κ1) is 26.3. The van der Waals surface area contributed by atoms with E-state index in [1.807, 2.05) is 23.7 Å². The Morgan fingerprint density at radius 2 is 2.06 bits per heavy atom. The van der Waals surface area contributed by atoms with Crippen molar-refractivity contribution in [2.24, 2.45) is 5.92 Å². The van der Waals surface area contributed by atoms with Crippen molar-refractivity contribution in [1.82, 2.24) is 14.8 Å². The lowest BCUT2D eigenvalue weighted by molar-refractivity contribution is -0.0365. The number of nitrogens with zero attached hydrogens (tertiary/aromatic N) is 3. The molecule has 3 aromatic rings. The minimum Gasteiger partial charge on any atom is -0.508 e. The van der Waals surface area contributed by atoms with E-state index < -0.39 is 10.1 Å². The Morgan fingerprint density at radius 1 is 1.22 bits per heavy atom. The van der Waals surface area contributed by atoms with Gasteiger partial charge in [-0.2, -0.15) is 13.5 Å². The van der Waals surface area contributed by atoms with Crippen LogP contribution in [0.1, 0.15) is 45.8 Å². The number of fused-ring (bicyclic) bond motifs is 1. The van der Waals surface area contributed by atoms with Gasteiger partial charge in [-0.1, -0.05) is 6.92 Å². The molecule has 0 spiro atoms. The normalized spacial score (nSPS) is 18.2. The third-order valence-electron chi connectivity index (χ3n) is 6.04. The summed E-state index contributed by atoms with van der Waals surface area (Å²) in [5, 5.41) is 15.8. The van der Waals surface area contributed by atoms with Gasteiger partial charge in [-0.05, 0) is 62.8 Å². The highest BCUT2D eigenvalue weighted by Crippen LogP contribution is 2.35. The van der Waals surface area contributed by atoms with Crippen molar-refractivity contribution in [3.8, 4) is 22.8 Å². The van der Waals surface area contributed by atoms with Crippen LogP contribution in [-0.4, -0.2) is 64.5 Å². The number of hydrogen-bond acceptors (Lipinski definition) is 8. The van der Waals surface area contributed by atoms with Gasteiger partial charge in [-0.15, -0.1) is 0 Å². The molecule has 196 valence electrons. The van der Waals surface area contributed by atoms with Crippen LogP contribution in [0.4, 0.5) is 0 Å². The molecule has 1 unspecified atom stereocenters. The Kier molecular flexibility index (Phi) is 8.45. The quantitative estimate of drug-likeness (QED) is 0.282. The van der Waals surface area contributed by atoms with E-state index in [2.05, 4.69) is 4.98 Å². The maximum atomic E-state index is 11.0. The fourth-order valence-corrected chi connectivity index (χ4v) is 5.22. The average molecular weight is 520 g/mol. The van der Waals surface area contributed by atoms with Gasteiger partial charge in [0.25, 0.3) is 10.1 Å². The van der Waals surface area contributed by atoms with E-state index in [0.29, 0.717) is 37.7 Å². The first-order chi connectivity index (χ1) is 17.2. The van der Waals surface area contributed by atoms with E-state index in [0.717, 1.165) is 35.7 Å². The summed E-state index contributed by atoms with van der Waals surface area (Å²) in [7, 11) is -3.98. The highest BCUT2D eigenvalue weighted by atomic mass is 32.2. The summed E-state index contributed by atoms with van der Waals surface area (Å²) in [6, 6.07) is 7.05. The standard InChI is InChI=1S/C25H33N3O7S/c1-17(16-36(30,31)32)8-10-33-15-18(2)35-21-11-19(13-26-14-21)25-22-12-20(29)6-7-23(22)28(27-25)24-5-3-4-9-34-24/h6-7,11-14,17-18,24,29H,3-5,8-10,15-16H2,1-2H3,(H,30,31,32)/t17-,18-,24?/m1/s1. The molecular formula is C25H33N3O7S. The maximum Gasteiger partial charge on any atom is 0.265 e. The topological polar surface area (TPSA) is 133 Å². The SMILES string of the molecule is C[C@H](CCOC[C@@H](C)Oc1cncc(-c2nn(C3CCCCO3)c3ccc(O)cc23)c1)CS(=O)(=O)O. The molecule has 0 saturated carbocycles. The van der Waals surface area contributed by atoms with Crippen molar-refractivity contribution in [1.29, 1.82) is 0 Å². The second-order valence-corrected chi connectivity index (χ2v) is 10.9. The predicted molar refractivity (Wildman–Crippen MR) is 135 cm³/mol. The fourth-order valence-electron chi connectivity index (χ4n) is 4.33. The minimum absolute atomic E-state index is 0.149. The van der Waals surface area contributed by atoms with Crippen LogP contribution in [-0.2, 0) is 19.6 Å². The second-order valence-electron chi connectivity index (χ2n) is 9.37. The van der Waals surface area contributed by atoms with Crippen molar-refractivity contribution in [2.75, 3.05) is 25.6 Å². The summed E-state index contributed by atoms with van der Waals surface area (Å²) in [6.45, 7) is 4.99. The first-order valence-corrected chi connectivity index (χ1v) is 13.8. The van der Waals surface area contributed by atoms with E-state index in [1.165, 1.54) is 0 Å². The number of aromatic hydroxyl groups is 1. The molecule has 0 aliphatic carbocycles. The molecule has 4 rings (SSSR count). The molecule has 1 saturated heterocycles. The summed E-state index contributed by atoms with van der Waals surface area (Å²) in [5.74, 6) is 0.228. The lowest BCUT2D eigenvalue weighted by Crippen LogP contribution is -2.21. The van der Waals surface area contributed by atoms with E-state index in [-0.39, 0.29) is 29.8 Å². The molecule has 11 heteroatoms. The zero-order valence-electron chi connectivity index (χ0n) is 20.5. The molecule has 0 amide bonds. The lowest BCUT2D eigenvalue weighted by atomic mass is 10.1. The van der Waals surface area contributed by atoms with Crippen molar-refractivity contribution in [2.45, 2.75) is 51.9 Å². The van der Waals surface area contributed by atoms with Crippen molar-refractivity contribution in [3.05, 3.63) is 36.7 Å². The van der Waals surface area contributed by atoms with Crippen LogP contribution in [0.5, 0.6) is 11.5 Å². The van der Waals surface area contributed by atoms with Gasteiger partial charge in [0.1, 0.15) is 23.3 Å². The van der Waals surface area contributed by atoms with Crippen LogP contribution in [0.2, 0.25) is 0 Å².